The average molecular weight is 516 g/mol. The predicted octanol–water partition coefficient (Wildman–Crippen LogP) is 6.06. The van der Waals surface area contributed by atoms with E-state index in [4.69, 9.17) is 4.98 Å². The van der Waals surface area contributed by atoms with Crippen LogP contribution in [0.2, 0.25) is 0 Å². The maximum Gasteiger partial charge on any atom is 0.118 e. The fourth-order valence-electron chi connectivity index (χ4n) is 2.96. The van der Waals surface area contributed by atoms with Gasteiger partial charge in [0.25, 0.3) is 0 Å². The number of para-hydroxylation sites is 1. The molecular weight excluding hydrogens is 500 g/mol. The van der Waals surface area contributed by atoms with E-state index in [9.17, 15) is 4.39 Å². The molecule has 0 saturated carbocycles. The second-order valence-electron chi connectivity index (χ2n) is 5.01. The first-order valence-corrected chi connectivity index (χ1v) is 7.48. The fraction of sp³-hybridized carbons (Fsp3) is 0.105. The van der Waals surface area contributed by atoms with E-state index in [1.54, 1.807) is 17.4 Å². The number of hydrogen-bond acceptors (Lipinski definition) is 2. The van der Waals surface area contributed by atoms with E-state index in [-0.39, 0.29) is 40.8 Å². The van der Waals surface area contributed by atoms with Crippen LogP contribution in [-0.2, 0) is 20.1 Å². The first-order chi connectivity index (χ1) is 10.3. The molecule has 125 valence electrons. The van der Waals surface area contributed by atoms with Crippen molar-refractivity contribution in [1.82, 2.24) is 9.38 Å². The smallest absolute Gasteiger partial charge is 0.118 e. The zero-order chi connectivity index (χ0) is 14.0. The van der Waals surface area contributed by atoms with Crippen LogP contribution in [-0.4, -0.2) is 9.38 Å². The predicted molar refractivity (Wildman–Crippen MR) is 97.8 cm³/mol. The van der Waals surface area contributed by atoms with Crippen LogP contribution in [0.4, 0.5) is 4.39 Å². The minimum absolute atomic E-state index is 0. The summed E-state index contributed by atoms with van der Waals surface area (Å²) >= 11 is 1.66. The zero-order valence-electron chi connectivity index (χ0n) is 11.1. The summed E-state index contributed by atoms with van der Waals surface area (Å²) in [5.41, 5.74) is 2.85. The van der Waals surface area contributed by atoms with Gasteiger partial charge in [0.05, 0.1) is 11.2 Å². The minimum atomic E-state index is -0.273. The van der Waals surface area contributed by atoms with Crippen molar-refractivity contribution in [3.05, 3.63) is 59.7 Å². The van der Waals surface area contributed by atoms with Gasteiger partial charge in [-0.3, -0.25) is 9.37 Å². The first kappa shape index (κ1) is 18.5. The number of imidazole rings is 1. The van der Waals surface area contributed by atoms with Gasteiger partial charge in [-0.15, -0.1) is 29.5 Å². The van der Waals surface area contributed by atoms with Gasteiger partial charge in [0.1, 0.15) is 4.83 Å². The van der Waals surface area contributed by atoms with E-state index >= 15 is 0 Å². The van der Waals surface area contributed by atoms with Gasteiger partial charge in [-0.05, 0) is 22.9 Å². The van der Waals surface area contributed by atoms with Gasteiger partial charge in [-0.1, -0.05) is 43.8 Å². The standard InChI is InChI=1S/C17H8FN2S.2CH4.Ir/c18-10-5-6-12-13(9-10)11-3-1-2-4-15(11)20-16(12)19-14-7-8-21-17(14)20;;;/h1-5,7-9H;2*1H4;/q-1;;;. The molecule has 5 heteroatoms. The van der Waals surface area contributed by atoms with E-state index in [2.05, 4.69) is 10.5 Å². The molecule has 0 aliphatic heterocycles. The number of aromatic nitrogens is 2. The molecule has 0 spiro atoms. The fourth-order valence-corrected chi connectivity index (χ4v) is 3.81. The van der Waals surface area contributed by atoms with Crippen LogP contribution in [0.3, 0.4) is 0 Å². The number of thiophene rings is 1. The van der Waals surface area contributed by atoms with Gasteiger partial charge in [0.15, 0.2) is 0 Å². The SMILES string of the molecule is C.C.Fc1c[c-]c2c(c1)c1ccccc1n1c2nc2ccsc21.[Ir]. The van der Waals surface area contributed by atoms with Crippen molar-refractivity contribution in [2.24, 2.45) is 0 Å². The first-order valence-electron chi connectivity index (χ1n) is 6.60. The molecule has 0 N–H and O–H groups in total. The Labute approximate surface area is 157 Å². The Bertz CT molecular complexity index is 1140. The van der Waals surface area contributed by atoms with Crippen molar-refractivity contribution in [1.29, 1.82) is 0 Å². The van der Waals surface area contributed by atoms with E-state index in [1.807, 2.05) is 35.7 Å². The Morgan fingerprint density at radius 1 is 1.08 bits per heavy atom. The Morgan fingerprint density at radius 2 is 1.88 bits per heavy atom. The molecule has 0 fully saturated rings. The van der Waals surface area contributed by atoms with Crippen molar-refractivity contribution in [3.8, 4) is 0 Å². The van der Waals surface area contributed by atoms with Crippen LogP contribution in [0.1, 0.15) is 14.9 Å². The number of fused-ring (bicyclic) bond motifs is 8. The van der Waals surface area contributed by atoms with Gasteiger partial charge in [-0.25, -0.2) is 0 Å². The molecule has 0 atom stereocenters. The quantitative estimate of drug-likeness (QED) is 0.181. The molecule has 0 aliphatic rings. The summed E-state index contributed by atoms with van der Waals surface area (Å²) in [7, 11) is 0. The summed E-state index contributed by atoms with van der Waals surface area (Å²) in [5.74, 6) is -0.273. The third kappa shape index (κ3) is 2.35. The molecule has 24 heavy (non-hydrogen) atoms. The molecule has 5 rings (SSSR count). The van der Waals surface area contributed by atoms with Gasteiger partial charge >= 0.3 is 0 Å². The van der Waals surface area contributed by atoms with E-state index in [0.717, 1.165) is 37.7 Å². The summed E-state index contributed by atoms with van der Waals surface area (Å²) in [6, 6.07) is 16.0. The maximum absolute atomic E-state index is 13.7. The second kappa shape index (κ2) is 6.59. The number of benzene rings is 2. The van der Waals surface area contributed by atoms with Crippen molar-refractivity contribution in [2.75, 3.05) is 0 Å². The topological polar surface area (TPSA) is 17.3 Å². The monoisotopic (exact) mass is 516 g/mol. The normalized spacial score (nSPS) is 10.5. The number of hydrogen-bond donors (Lipinski definition) is 0. The third-order valence-corrected chi connectivity index (χ3v) is 4.72. The van der Waals surface area contributed by atoms with Crippen LogP contribution < -0.4 is 0 Å². The summed E-state index contributed by atoms with van der Waals surface area (Å²) < 4.78 is 15.8. The number of pyridine rings is 1. The molecular formula is C19H16FIrN2S-. The molecule has 5 aromatic rings. The molecule has 2 aromatic carbocycles. The van der Waals surface area contributed by atoms with Crippen molar-refractivity contribution in [3.63, 3.8) is 0 Å². The van der Waals surface area contributed by atoms with Gasteiger partial charge < -0.3 is 4.40 Å². The van der Waals surface area contributed by atoms with Crippen LogP contribution in [0.5, 0.6) is 0 Å². The van der Waals surface area contributed by atoms with Crippen molar-refractivity contribution in [2.45, 2.75) is 14.9 Å². The summed E-state index contributed by atoms with van der Waals surface area (Å²) in [5, 5.41) is 4.77. The summed E-state index contributed by atoms with van der Waals surface area (Å²) in [6.45, 7) is 0. The van der Waals surface area contributed by atoms with E-state index in [1.165, 1.54) is 6.07 Å². The molecule has 0 aliphatic carbocycles. The summed E-state index contributed by atoms with van der Waals surface area (Å²) in [4.78, 5) is 5.81. The number of nitrogens with zero attached hydrogens (tertiary/aromatic N) is 2. The van der Waals surface area contributed by atoms with E-state index < -0.39 is 0 Å². The Morgan fingerprint density at radius 3 is 2.71 bits per heavy atom. The maximum atomic E-state index is 13.7. The zero-order valence-corrected chi connectivity index (χ0v) is 14.3. The second-order valence-corrected chi connectivity index (χ2v) is 5.90. The van der Waals surface area contributed by atoms with Gasteiger partial charge in [0.2, 0.25) is 0 Å². The average Bonchev–Trinajstić information content (AvgIpc) is 3.08. The van der Waals surface area contributed by atoms with E-state index in [0.29, 0.717) is 0 Å². The molecule has 0 amide bonds. The Hall–Kier alpha value is -1.81. The third-order valence-electron chi connectivity index (χ3n) is 3.83. The minimum Gasteiger partial charge on any atom is -0.325 e. The van der Waals surface area contributed by atoms with Crippen molar-refractivity contribution < 1.29 is 24.5 Å². The van der Waals surface area contributed by atoms with Gasteiger partial charge in [0, 0.05) is 31.4 Å². The van der Waals surface area contributed by atoms with Crippen molar-refractivity contribution >= 4 is 49.0 Å². The van der Waals surface area contributed by atoms with Crippen LogP contribution in [0.15, 0.2) is 47.8 Å². The molecule has 1 radical (unpaired) electrons. The Kier molecular flexibility index (Phi) is 5.09. The molecule has 0 unspecified atom stereocenters. The summed E-state index contributed by atoms with van der Waals surface area (Å²) in [6.07, 6.45) is 0. The number of rotatable bonds is 0. The largest absolute Gasteiger partial charge is 0.325 e. The van der Waals surface area contributed by atoms with Crippen LogP contribution in [0, 0.1) is 11.9 Å². The van der Waals surface area contributed by atoms with Crippen LogP contribution >= 0.6 is 11.3 Å². The molecule has 0 saturated heterocycles. The molecule has 2 nitrogen and oxygen atoms in total. The molecule has 3 aromatic heterocycles. The Balaban J connectivity index is 0.000000694. The molecule has 0 bridgehead atoms. The molecule has 3 heterocycles. The van der Waals surface area contributed by atoms with Crippen LogP contribution in [0.25, 0.3) is 37.7 Å². The van der Waals surface area contributed by atoms with Gasteiger partial charge in [-0.2, -0.15) is 0 Å². The number of halogens is 1.